The molecule has 0 aliphatic heterocycles. The van der Waals surface area contributed by atoms with Crippen molar-refractivity contribution in [2.24, 2.45) is 0 Å². The van der Waals surface area contributed by atoms with Crippen LogP contribution >= 0.6 is 27.3 Å². The molecule has 7 nitrogen and oxygen atoms in total. The number of amides is 2. The van der Waals surface area contributed by atoms with Crippen LogP contribution in [0.15, 0.2) is 44.7 Å². The van der Waals surface area contributed by atoms with Gasteiger partial charge in [0.05, 0.1) is 10.3 Å². The van der Waals surface area contributed by atoms with Gasteiger partial charge in [0.1, 0.15) is 0 Å². The lowest BCUT2D eigenvalue weighted by Crippen LogP contribution is -2.37. The van der Waals surface area contributed by atoms with Crippen molar-refractivity contribution >= 4 is 39.1 Å². The molecule has 0 unspecified atom stereocenters. The van der Waals surface area contributed by atoms with E-state index in [1.54, 1.807) is 29.2 Å². The zero-order valence-electron chi connectivity index (χ0n) is 15.8. The van der Waals surface area contributed by atoms with E-state index in [1.165, 1.54) is 18.3 Å². The van der Waals surface area contributed by atoms with Gasteiger partial charge in [-0.2, -0.15) is 13.8 Å². The predicted octanol–water partition coefficient (Wildman–Crippen LogP) is 4.28. The number of nitrogens with one attached hydrogen (secondary N) is 1. The van der Waals surface area contributed by atoms with Gasteiger partial charge in [-0.15, -0.1) is 11.3 Å². The van der Waals surface area contributed by atoms with E-state index in [1.807, 2.05) is 12.1 Å². The maximum Gasteiger partial charge on any atom is 0.315 e. The van der Waals surface area contributed by atoms with E-state index in [2.05, 4.69) is 35.9 Å². The zero-order valence-corrected chi connectivity index (χ0v) is 18.2. The van der Waals surface area contributed by atoms with E-state index in [-0.39, 0.29) is 17.6 Å². The third kappa shape index (κ3) is 5.70. The molecule has 0 atom stereocenters. The number of hydrogen-bond acceptors (Lipinski definition) is 6. The van der Waals surface area contributed by atoms with Gasteiger partial charge >= 0.3 is 6.43 Å². The van der Waals surface area contributed by atoms with Crippen molar-refractivity contribution in [3.8, 4) is 11.4 Å². The number of nitrogens with zero attached hydrogens (tertiary/aromatic N) is 3. The topological polar surface area (TPSA) is 88.3 Å². The van der Waals surface area contributed by atoms with Gasteiger partial charge in [-0.05, 0) is 40.2 Å². The fourth-order valence-corrected chi connectivity index (χ4v) is 4.13. The van der Waals surface area contributed by atoms with Gasteiger partial charge in [0.25, 0.3) is 11.8 Å². The molecule has 2 heterocycles. The van der Waals surface area contributed by atoms with Crippen LogP contribution in [-0.4, -0.2) is 39.9 Å². The Morgan fingerprint density at radius 3 is 2.53 bits per heavy atom. The smallest absolute Gasteiger partial charge is 0.315 e. The van der Waals surface area contributed by atoms with Gasteiger partial charge < -0.3 is 14.7 Å². The van der Waals surface area contributed by atoms with Crippen molar-refractivity contribution in [3.05, 3.63) is 56.5 Å². The molecular weight excluding hydrogens is 482 g/mol. The number of halogens is 3. The van der Waals surface area contributed by atoms with E-state index >= 15 is 0 Å². The predicted molar refractivity (Wildman–Crippen MR) is 110 cm³/mol. The second-order valence-corrected chi connectivity index (χ2v) is 8.80. The van der Waals surface area contributed by atoms with Crippen LogP contribution in [0.3, 0.4) is 0 Å². The fourth-order valence-electron chi connectivity index (χ4n) is 2.63. The molecule has 0 aliphatic rings. The maximum absolute atomic E-state index is 13.0. The highest BCUT2D eigenvalue weighted by Crippen LogP contribution is 2.25. The number of aromatic nitrogens is 2. The molecule has 3 aromatic rings. The number of alkyl halides is 2. The molecule has 158 valence electrons. The second kappa shape index (κ2) is 9.90. The summed E-state index contributed by atoms with van der Waals surface area (Å²) in [5.41, 5.74) is 0.865. The molecule has 2 amide bonds. The molecule has 0 saturated carbocycles. The summed E-state index contributed by atoms with van der Waals surface area (Å²) in [4.78, 5) is 30.4. The Bertz CT molecular complexity index is 1020. The molecule has 2 aromatic heterocycles. The van der Waals surface area contributed by atoms with Crippen molar-refractivity contribution in [2.45, 2.75) is 19.9 Å². The summed E-state index contributed by atoms with van der Waals surface area (Å²) in [5, 5.41) is 6.22. The van der Waals surface area contributed by atoms with Crippen LogP contribution in [0.4, 0.5) is 8.78 Å². The van der Waals surface area contributed by atoms with Crippen LogP contribution in [-0.2, 0) is 11.3 Å². The Labute approximate surface area is 183 Å². The molecule has 0 spiro atoms. The maximum atomic E-state index is 13.0. The van der Waals surface area contributed by atoms with Gasteiger partial charge in [-0.3, -0.25) is 9.59 Å². The minimum Gasteiger partial charge on any atom is -0.355 e. The van der Waals surface area contributed by atoms with Gasteiger partial charge in [0, 0.05) is 36.0 Å². The van der Waals surface area contributed by atoms with Crippen LogP contribution in [0.5, 0.6) is 0 Å². The number of benzene rings is 1. The summed E-state index contributed by atoms with van der Waals surface area (Å²) < 4.78 is 30.7. The summed E-state index contributed by atoms with van der Waals surface area (Å²) in [5.74, 6) is -1.13. The monoisotopic (exact) mass is 498 g/mol. The van der Waals surface area contributed by atoms with Crippen molar-refractivity contribution in [3.63, 3.8) is 0 Å². The molecule has 0 saturated heterocycles. The molecule has 0 fully saturated rings. The first-order chi connectivity index (χ1) is 14.3. The molecule has 1 N–H and O–H groups in total. The van der Waals surface area contributed by atoms with E-state index in [4.69, 9.17) is 0 Å². The largest absolute Gasteiger partial charge is 0.355 e. The number of carbonyl (C=O) groups excluding carboxylic acids is 2. The van der Waals surface area contributed by atoms with Crippen LogP contribution in [0.25, 0.3) is 11.4 Å². The van der Waals surface area contributed by atoms with Crippen molar-refractivity contribution in [1.82, 2.24) is 20.4 Å². The molecule has 0 bridgehead atoms. The Balaban J connectivity index is 1.75. The van der Waals surface area contributed by atoms with Crippen LogP contribution in [0.2, 0.25) is 0 Å². The molecular formula is C19H17BrF2N4O3S. The molecule has 0 radical (unpaired) electrons. The van der Waals surface area contributed by atoms with Crippen molar-refractivity contribution < 1.29 is 22.9 Å². The average Bonchev–Trinajstić information content (AvgIpc) is 3.36. The highest BCUT2D eigenvalue weighted by molar-refractivity contribution is 9.11. The van der Waals surface area contributed by atoms with Crippen molar-refractivity contribution in [2.75, 3.05) is 13.1 Å². The Kier molecular flexibility index (Phi) is 7.27. The first kappa shape index (κ1) is 22.0. The van der Waals surface area contributed by atoms with E-state index < -0.39 is 12.3 Å². The van der Waals surface area contributed by atoms with E-state index in [9.17, 15) is 18.4 Å². The summed E-state index contributed by atoms with van der Waals surface area (Å²) >= 11 is 4.93. The summed E-state index contributed by atoms with van der Waals surface area (Å²) in [6, 6.07) is 10.1. The Morgan fingerprint density at radius 2 is 1.97 bits per heavy atom. The highest BCUT2D eigenvalue weighted by Gasteiger charge is 2.19. The van der Waals surface area contributed by atoms with E-state index in [0.29, 0.717) is 30.8 Å². The second-order valence-electron chi connectivity index (χ2n) is 6.25. The zero-order chi connectivity index (χ0) is 21.7. The third-order valence-corrected chi connectivity index (χ3v) is 5.65. The SMILES string of the molecule is CC(=O)NCCN(Cc1ccc(Br)s1)C(=O)c1ccc(-c2noc(C(F)F)n2)cc1. The van der Waals surface area contributed by atoms with Crippen LogP contribution in [0.1, 0.15) is 34.5 Å². The number of carbonyl (C=O) groups is 2. The van der Waals surface area contributed by atoms with E-state index in [0.717, 1.165) is 8.66 Å². The fraction of sp³-hybridized carbons (Fsp3) is 0.263. The van der Waals surface area contributed by atoms with Gasteiger partial charge in [-0.25, -0.2) is 0 Å². The van der Waals surface area contributed by atoms with Gasteiger partial charge in [-0.1, -0.05) is 17.3 Å². The standard InChI is InChI=1S/C19H17BrF2N4O3S/c1-11(27)23-8-9-26(10-14-6-7-15(20)30-14)19(28)13-4-2-12(3-5-13)17-24-18(16(21)22)29-25-17/h2-7,16H,8-10H2,1H3,(H,23,27). The van der Waals surface area contributed by atoms with Gasteiger partial charge in [0.2, 0.25) is 11.7 Å². The first-order valence-corrected chi connectivity index (χ1v) is 10.4. The van der Waals surface area contributed by atoms with Gasteiger partial charge in [0.15, 0.2) is 0 Å². The number of thiophene rings is 1. The molecule has 1 aromatic carbocycles. The minimum atomic E-state index is -2.85. The van der Waals surface area contributed by atoms with Crippen LogP contribution in [0, 0.1) is 0 Å². The normalized spacial score (nSPS) is 11.0. The van der Waals surface area contributed by atoms with Crippen molar-refractivity contribution in [1.29, 1.82) is 0 Å². The lowest BCUT2D eigenvalue weighted by Gasteiger charge is -2.22. The highest BCUT2D eigenvalue weighted by atomic mass is 79.9. The minimum absolute atomic E-state index is 0.0234. The Hall–Kier alpha value is -2.66. The molecule has 30 heavy (non-hydrogen) atoms. The summed E-state index contributed by atoms with van der Waals surface area (Å²) in [6.07, 6.45) is -2.85. The molecule has 11 heteroatoms. The average molecular weight is 499 g/mol. The van der Waals surface area contributed by atoms with Crippen LogP contribution < -0.4 is 5.32 Å². The molecule has 3 rings (SSSR count). The lowest BCUT2D eigenvalue weighted by atomic mass is 10.1. The lowest BCUT2D eigenvalue weighted by molar-refractivity contribution is -0.119. The Morgan fingerprint density at radius 1 is 1.23 bits per heavy atom. The first-order valence-electron chi connectivity index (χ1n) is 8.83. The number of rotatable bonds is 8. The third-order valence-electron chi connectivity index (χ3n) is 4.04. The summed E-state index contributed by atoms with van der Waals surface area (Å²) in [6.45, 7) is 2.46. The molecule has 0 aliphatic carbocycles. The quantitative estimate of drug-likeness (QED) is 0.500. The number of hydrogen-bond donors (Lipinski definition) is 1. The summed E-state index contributed by atoms with van der Waals surface area (Å²) in [7, 11) is 0.